The molecule has 37 heavy (non-hydrogen) atoms. The van der Waals surface area contributed by atoms with E-state index < -0.39 is 17.5 Å². The van der Waals surface area contributed by atoms with Crippen molar-refractivity contribution in [2.24, 2.45) is 0 Å². The molecule has 1 N–H and O–H groups in total. The molecule has 2 fully saturated rings. The molecule has 202 valence electrons. The van der Waals surface area contributed by atoms with Crippen molar-refractivity contribution in [3.63, 3.8) is 0 Å². The molecule has 1 aliphatic heterocycles. The van der Waals surface area contributed by atoms with Gasteiger partial charge in [0.25, 0.3) is 5.91 Å². The topological polar surface area (TPSA) is 69.3 Å². The van der Waals surface area contributed by atoms with Gasteiger partial charge in [0.1, 0.15) is 6.10 Å². The van der Waals surface area contributed by atoms with Gasteiger partial charge in [-0.15, -0.1) is 0 Å². The fourth-order valence-electron chi connectivity index (χ4n) is 5.12. The fourth-order valence-corrected chi connectivity index (χ4v) is 5.33. The number of ether oxygens (including phenoxy) is 4. The second-order valence-corrected chi connectivity index (χ2v) is 11.3. The quantitative estimate of drug-likeness (QED) is 0.488. The van der Waals surface area contributed by atoms with Crippen molar-refractivity contribution < 1.29 is 23.7 Å². The lowest BCUT2D eigenvalue weighted by molar-refractivity contribution is -0.183. The zero-order valence-electron chi connectivity index (χ0n) is 22.5. The van der Waals surface area contributed by atoms with Gasteiger partial charge in [0.15, 0.2) is 11.4 Å². The molecule has 0 aromatic heterocycles. The largest absolute Gasteiger partial charge is 0.371 e. The van der Waals surface area contributed by atoms with Crippen LogP contribution in [0.1, 0.15) is 43.4 Å². The Bertz CT molecular complexity index is 1080. The third-order valence-electron chi connectivity index (χ3n) is 6.86. The second-order valence-electron chi connectivity index (χ2n) is 10.9. The second kappa shape index (κ2) is 11.8. The van der Waals surface area contributed by atoms with Gasteiger partial charge in [0.2, 0.25) is 0 Å². The molecule has 2 aromatic rings. The average Bonchev–Trinajstić information content (AvgIpc) is 3.14. The number of aryl methyl sites for hydroxylation is 1. The summed E-state index contributed by atoms with van der Waals surface area (Å²) in [6.45, 7) is 7.74. The van der Waals surface area contributed by atoms with Gasteiger partial charge in [-0.05, 0) is 58.1 Å². The summed E-state index contributed by atoms with van der Waals surface area (Å²) in [7, 11) is 3.96. The molecule has 4 rings (SSSR count). The Hall–Kier alpha value is -2.00. The minimum atomic E-state index is -1.12. The molecule has 8 heteroatoms. The van der Waals surface area contributed by atoms with Gasteiger partial charge in [-0.2, -0.15) is 0 Å². The van der Waals surface area contributed by atoms with Crippen LogP contribution in [0.25, 0.3) is 0 Å². The number of rotatable bonds is 10. The highest BCUT2D eigenvalue weighted by molar-refractivity contribution is 6.30. The molecule has 2 aliphatic rings. The van der Waals surface area contributed by atoms with Crippen LogP contribution in [0.5, 0.6) is 0 Å². The Labute approximate surface area is 225 Å². The number of likely N-dealkylation sites (N-methyl/N-ethyl adjacent to an activating group) is 1. The van der Waals surface area contributed by atoms with Gasteiger partial charge in [-0.3, -0.25) is 4.79 Å². The Kier molecular flexibility index (Phi) is 8.94. The summed E-state index contributed by atoms with van der Waals surface area (Å²) in [5.74, 6) is -0.925. The molecule has 0 radical (unpaired) electrons. The zero-order valence-corrected chi connectivity index (χ0v) is 23.2. The molecule has 0 bridgehead atoms. The van der Waals surface area contributed by atoms with Gasteiger partial charge >= 0.3 is 0 Å². The monoisotopic (exact) mass is 530 g/mol. The highest BCUT2D eigenvalue weighted by atomic mass is 35.5. The maximum atomic E-state index is 13.8. The lowest BCUT2D eigenvalue weighted by Crippen LogP contribution is -2.60. The molecular weight excluding hydrogens is 492 g/mol. The van der Waals surface area contributed by atoms with Crippen LogP contribution in [-0.4, -0.2) is 67.7 Å². The lowest BCUT2D eigenvalue weighted by atomic mass is 9.78. The van der Waals surface area contributed by atoms with Crippen LogP contribution in [0.4, 0.5) is 0 Å². The maximum Gasteiger partial charge on any atom is 0.252 e. The number of halogens is 1. The molecule has 4 atom stereocenters. The van der Waals surface area contributed by atoms with E-state index in [0.717, 1.165) is 23.2 Å². The van der Waals surface area contributed by atoms with E-state index in [0.29, 0.717) is 37.6 Å². The number of nitrogens with one attached hydrogen (secondary N) is 1. The molecule has 1 aliphatic carbocycles. The van der Waals surface area contributed by atoms with E-state index in [-0.39, 0.29) is 18.1 Å². The van der Waals surface area contributed by atoms with Crippen molar-refractivity contribution >= 4 is 17.5 Å². The molecule has 1 unspecified atom stereocenters. The van der Waals surface area contributed by atoms with Crippen LogP contribution >= 0.6 is 11.6 Å². The number of hydrogen-bond donors (Lipinski definition) is 1. The summed E-state index contributed by atoms with van der Waals surface area (Å²) >= 11 is 6.18. The first-order valence-corrected chi connectivity index (χ1v) is 13.3. The Morgan fingerprint density at radius 2 is 1.81 bits per heavy atom. The van der Waals surface area contributed by atoms with E-state index in [1.54, 1.807) is 0 Å². The summed E-state index contributed by atoms with van der Waals surface area (Å²) in [5.41, 5.74) is 1.99. The summed E-state index contributed by atoms with van der Waals surface area (Å²) in [4.78, 5) is 15.8. The van der Waals surface area contributed by atoms with Crippen LogP contribution in [0.15, 0.2) is 48.5 Å². The Morgan fingerprint density at radius 1 is 1.08 bits per heavy atom. The summed E-state index contributed by atoms with van der Waals surface area (Å²) in [6.07, 6.45) is -0.313. The van der Waals surface area contributed by atoms with E-state index in [9.17, 15) is 4.79 Å². The van der Waals surface area contributed by atoms with Crippen molar-refractivity contribution in [2.75, 3.05) is 27.2 Å². The Balaban J connectivity index is 1.59. The van der Waals surface area contributed by atoms with Crippen LogP contribution in [0.2, 0.25) is 5.02 Å². The van der Waals surface area contributed by atoms with Crippen molar-refractivity contribution in [2.45, 2.75) is 76.5 Å². The molecule has 7 nitrogen and oxygen atoms in total. The van der Waals surface area contributed by atoms with E-state index in [1.165, 1.54) is 0 Å². The van der Waals surface area contributed by atoms with Crippen molar-refractivity contribution in [3.05, 3.63) is 70.2 Å². The third kappa shape index (κ3) is 7.31. The highest BCUT2D eigenvalue weighted by Crippen LogP contribution is 2.44. The van der Waals surface area contributed by atoms with Gasteiger partial charge < -0.3 is 29.2 Å². The predicted octanol–water partition coefficient (Wildman–Crippen LogP) is 4.48. The fraction of sp³-hybridized carbons (Fsp3) is 0.552. The minimum absolute atomic E-state index is 0.148. The number of nitrogens with zero attached hydrogens (tertiary/aromatic N) is 1. The molecule has 1 heterocycles. The summed E-state index contributed by atoms with van der Waals surface area (Å²) in [5, 5.41) is 3.75. The number of hydrogen-bond acceptors (Lipinski definition) is 6. The van der Waals surface area contributed by atoms with Gasteiger partial charge in [-0.25, -0.2) is 0 Å². The minimum Gasteiger partial charge on any atom is -0.371 e. The Morgan fingerprint density at radius 3 is 2.51 bits per heavy atom. The SMILES string of the molecule is Cc1cccc(CO[C@]2(C(=O)NCCN(C)C)CC(OCc3cccc(Cl)c3)[C@@H]3OC(C)(C)O[C@@H]3C2)c1. The zero-order chi connectivity index (χ0) is 26.6. The molecule has 1 saturated carbocycles. The van der Waals surface area contributed by atoms with Crippen molar-refractivity contribution in [1.29, 1.82) is 0 Å². The van der Waals surface area contributed by atoms with Crippen LogP contribution in [0, 0.1) is 6.92 Å². The number of benzene rings is 2. The molecule has 0 spiro atoms. The summed E-state index contributed by atoms with van der Waals surface area (Å²) < 4.78 is 25.5. The van der Waals surface area contributed by atoms with Gasteiger partial charge in [0, 0.05) is 31.0 Å². The standard InChI is InChI=1S/C29H39ClN2O5/c1-20-8-6-9-21(14-20)19-35-29(27(33)31-12-13-32(4)5)16-24(26-25(17-29)36-28(2,3)37-26)34-18-22-10-7-11-23(30)15-22/h6-11,14-15,24-26H,12-13,16-19H2,1-5H3,(H,31,33)/t24?,25-,26+,29-/m1/s1. The van der Waals surface area contributed by atoms with Crippen molar-refractivity contribution in [3.8, 4) is 0 Å². The van der Waals surface area contributed by atoms with E-state index in [4.69, 9.17) is 30.5 Å². The summed E-state index contributed by atoms with van der Waals surface area (Å²) in [6, 6.07) is 15.7. The molecule has 2 aromatic carbocycles. The number of carbonyl (C=O) groups excluding carboxylic acids is 1. The van der Waals surface area contributed by atoms with E-state index in [2.05, 4.69) is 11.4 Å². The first-order valence-electron chi connectivity index (χ1n) is 12.9. The van der Waals surface area contributed by atoms with Gasteiger partial charge in [0.05, 0.1) is 25.4 Å². The van der Waals surface area contributed by atoms with Crippen LogP contribution in [0.3, 0.4) is 0 Å². The average molecular weight is 531 g/mol. The molecular formula is C29H39ClN2O5. The number of carbonyl (C=O) groups is 1. The van der Waals surface area contributed by atoms with E-state index >= 15 is 0 Å². The lowest BCUT2D eigenvalue weighted by Gasteiger charge is -2.43. The molecule has 1 amide bonds. The van der Waals surface area contributed by atoms with E-state index in [1.807, 2.05) is 82.2 Å². The maximum absolute atomic E-state index is 13.8. The normalized spacial score (nSPS) is 26.7. The first-order chi connectivity index (χ1) is 17.6. The number of amides is 1. The third-order valence-corrected chi connectivity index (χ3v) is 7.09. The number of fused-ring (bicyclic) bond motifs is 1. The van der Waals surface area contributed by atoms with Crippen LogP contribution < -0.4 is 5.32 Å². The van der Waals surface area contributed by atoms with Gasteiger partial charge in [-0.1, -0.05) is 53.6 Å². The smallest absolute Gasteiger partial charge is 0.252 e. The predicted molar refractivity (Wildman–Crippen MR) is 143 cm³/mol. The van der Waals surface area contributed by atoms with Crippen LogP contribution in [-0.2, 0) is 37.0 Å². The first kappa shape index (κ1) is 28.0. The van der Waals surface area contributed by atoms with Crippen molar-refractivity contribution in [1.82, 2.24) is 10.2 Å². The highest BCUT2D eigenvalue weighted by Gasteiger charge is 2.58. The molecule has 1 saturated heterocycles.